The van der Waals surface area contributed by atoms with Crippen LogP contribution in [0.15, 0.2) is 42.5 Å². The largest absolute Gasteiger partial charge is 0.573 e. The monoisotopic (exact) mass is 447 g/mol. The Labute approximate surface area is 169 Å². The van der Waals surface area contributed by atoms with E-state index in [4.69, 9.17) is 16.3 Å². The summed E-state index contributed by atoms with van der Waals surface area (Å²) >= 11 is 7.03. The van der Waals surface area contributed by atoms with Gasteiger partial charge in [0.25, 0.3) is 5.91 Å². The third-order valence-electron chi connectivity index (χ3n) is 3.48. The molecule has 3 rings (SSSR count). The van der Waals surface area contributed by atoms with Gasteiger partial charge in [-0.05, 0) is 42.5 Å². The van der Waals surface area contributed by atoms with Crippen molar-refractivity contribution in [1.82, 2.24) is 0 Å². The molecule has 0 saturated heterocycles. The maximum Gasteiger partial charge on any atom is 0.573 e. The molecule has 0 radical (unpaired) electrons. The molecule has 1 amide bonds. The van der Waals surface area contributed by atoms with Crippen LogP contribution >= 0.6 is 22.9 Å². The zero-order valence-electron chi connectivity index (χ0n) is 14.2. The van der Waals surface area contributed by atoms with Gasteiger partial charge in [-0.2, -0.15) is 0 Å². The second kappa shape index (κ2) is 8.26. The van der Waals surface area contributed by atoms with Crippen molar-refractivity contribution >= 4 is 50.6 Å². The summed E-state index contributed by atoms with van der Waals surface area (Å²) in [4.78, 5) is 24.1. The third-order valence-corrected chi connectivity index (χ3v) is 5.12. The Morgan fingerprint density at radius 2 is 1.79 bits per heavy atom. The van der Waals surface area contributed by atoms with Crippen LogP contribution in [0.4, 0.5) is 23.2 Å². The minimum Gasteiger partial charge on any atom is -0.451 e. The van der Waals surface area contributed by atoms with Crippen molar-refractivity contribution in [1.29, 1.82) is 0 Å². The van der Waals surface area contributed by atoms with E-state index in [2.05, 4.69) is 10.1 Å². The molecule has 2 aromatic carbocycles. The molecule has 152 valence electrons. The fourth-order valence-corrected chi connectivity index (χ4v) is 3.73. The zero-order valence-corrected chi connectivity index (χ0v) is 15.8. The van der Waals surface area contributed by atoms with Crippen LogP contribution in [0.2, 0.25) is 5.02 Å². The number of halogens is 5. The van der Waals surface area contributed by atoms with Gasteiger partial charge in [0.1, 0.15) is 16.4 Å². The molecule has 0 fully saturated rings. The molecular formula is C18H10ClF4NO4S. The number of hydrogen-bond acceptors (Lipinski definition) is 5. The molecule has 0 aliphatic carbocycles. The predicted octanol–water partition coefficient (Wildman–Crippen LogP) is 5.39. The van der Waals surface area contributed by atoms with Gasteiger partial charge in [0, 0.05) is 15.8 Å². The molecule has 1 heterocycles. The number of fused-ring (bicyclic) bond motifs is 1. The molecule has 1 N–H and O–H groups in total. The first-order chi connectivity index (χ1) is 13.6. The van der Waals surface area contributed by atoms with Gasteiger partial charge in [-0.1, -0.05) is 11.6 Å². The van der Waals surface area contributed by atoms with Crippen molar-refractivity contribution in [2.75, 3.05) is 11.9 Å². The molecular weight excluding hydrogens is 438 g/mol. The van der Waals surface area contributed by atoms with Gasteiger partial charge in [0.05, 0.1) is 5.02 Å². The van der Waals surface area contributed by atoms with Gasteiger partial charge in [-0.15, -0.1) is 24.5 Å². The van der Waals surface area contributed by atoms with E-state index in [9.17, 15) is 27.2 Å². The van der Waals surface area contributed by atoms with E-state index >= 15 is 0 Å². The summed E-state index contributed by atoms with van der Waals surface area (Å²) in [5.41, 5.74) is 0.177. The quantitative estimate of drug-likeness (QED) is 0.421. The van der Waals surface area contributed by atoms with Crippen LogP contribution < -0.4 is 10.1 Å². The minimum absolute atomic E-state index is 0.0220. The number of rotatable bonds is 5. The second-order valence-electron chi connectivity index (χ2n) is 5.58. The highest BCUT2D eigenvalue weighted by molar-refractivity contribution is 7.21. The molecule has 0 unspecified atom stereocenters. The highest BCUT2D eigenvalue weighted by atomic mass is 35.5. The van der Waals surface area contributed by atoms with E-state index in [1.165, 1.54) is 30.3 Å². The van der Waals surface area contributed by atoms with Crippen molar-refractivity contribution in [2.24, 2.45) is 0 Å². The van der Waals surface area contributed by atoms with Crippen molar-refractivity contribution in [3.63, 3.8) is 0 Å². The van der Waals surface area contributed by atoms with Gasteiger partial charge in [0.2, 0.25) is 0 Å². The number of nitrogens with one attached hydrogen (secondary N) is 1. The first-order valence-electron chi connectivity index (χ1n) is 7.83. The number of carbonyl (C=O) groups excluding carboxylic acids is 2. The zero-order chi connectivity index (χ0) is 21.2. The Morgan fingerprint density at radius 1 is 1.10 bits per heavy atom. The number of anilines is 1. The molecule has 11 heteroatoms. The van der Waals surface area contributed by atoms with Crippen molar-refractivity contribution < 1.29 is 36.6 Å². The molecule has 0 saturated carbocycles. The lowest BCUT2D eigenvalue weighted by atomic mass is 10.2. The summed E-state index contributed by atoms with van der Waals surface area (Å²) in [6.07, 6.45) is -4.82. The number of carbonyl (C=O) groups is 2. The average molecular weight is 448 g/mol. The van der Waals surface area contributed by atoms with Crippen LogP contribution in [0.3, 0.4) is 0 Å². The van der Waals surface area contributed by atoms with Crippen LogP contribution in [0.1, 0.15) is 9.67 Å². The lowest BCUT2D eigenvalue weighted by Crippen LogP contribution is -2.20. The van der Waals surface area contributed by atoms with Crippen molar-refractivity contribution in [3.05, 3.63) is 58.2 Å². The number of ether oxygens (including phenoxy) is 2. The van der Waals surface area contributed by atoms with Gasteiger partial charge in [0.15, 0.2) is 6.61 Å². The van der Waals surface area contributed by atoms with Crippen molar-refractivity contribution in [3.8, 4) is 5.75 Å². The summed E-state index contributed by atoms with van der Waals surface area (Å²) < 4.78 is 58.7. The highest BCUT2D eigenvalue weighted by Crippen LogP contribution is 2.36. The van der Waals surface area contributed by atoms with Crippen LogP contribution in [-0.2, 0) is 9.53 Å². The summed E-state index contributed by atoms with van der Waals surface area (Å²) in [5.74, 6) is -2.51. The second-order valence-corrected chi connectivity index (χ2v) is 7.01. The third kappa shape index (κ3) is 5.36. The molecule has 0 spiro atoms. The number of thiophene rings is 1. The number of hydrogen-bond donors (Lipinski definition) is 1. The first-order valence-corrected chi connectivity index (χ1v) is 9.02. The molecule has 29 heavy (non-hydrogen) atoms. The van der Waals surface area contributed by atoms with Gasteiger partial charge >= 0.3 is 12.3 Å². The van der Waals surface area contributed by atoms with E-state index in [0.29, 0.717) is 10.1 Å². The van der Waals surface area contributed by atoms with E-state index in [0.717, 1.165) is 23.5 Å². The molecule has 5 nitrogen and oxygen atoms in total. The van der Waals surface area contributed by atoms with Gasteiger partial charge in [-0.25, -0.2) is 9.18 Å². The molecule has 0 atom stereocenters. The standard InChI is InChI=1S/C18H10ClF4NO4S/c19-15-12-6-1-9(20)7-13(12)29-16(15)17(26)27-8-14(25)24-10-2-4-11(5-3-10)28-18(21,22)23/h1-7H,8H2,(H,24,25). The number of alkyl halides is 3. The SMILES string of the molecule is O=C(COC(=O)c1sc2cc(F)ccc2c1Cl)Nc1ccc(OC(F)(F)F)cc1. The first kappa shape index (κ1) is 20.9. The van der Waals surface area contributed by atoms with E-state index in [1.54, 1.807) is 0 Å². The molecule has 0 aliphatic rings. The molecule has 3 aromatic rings. The Kier molecular flexibility index (Phi) is 5.94. The topological polar surface area (TPSA) is 64.6 Å². The van der Waals surface area contributed by atoms with Crippen LogP contribution in [0.25, 0.3) is 10.1 Å². The van der Waals surface area contributed by atoms with Gasteiger partial charge < -0.3 is 14.8 Å². The highest BCUT2D eigenvalue weighted by Gasteiger charge is 2.31. The molecule has 0 aliphatic heterocycles. The lowest BCUT2D eigenvalue weighted by molar-refractivity contribution is -0.274. The smallest absolute Gasteiger partial charge is 0.451 e. The van der Waals surface area contributed by atoms with Crippen LogP contribution in [-0.4, -0.2) is 24.8 Å². The Balaban J connectivity index is 1.58. The van der Waals surface area contributed by atoms with E-state index < -0.39 is 36.4 Å². The summed E-state index contributed by atoms with van der Waals surface area (Å²) in [6.45, 7) is -0.654. The summed E-state index contributed by atoms with van der Waals surface area (Å²) in [6, 6.07) is 8.28. The number of esters is 1. The van der Waals surface area contributed by atoms with Crippen LogP contribution in [0, 0.1) is 5.82 Å². The maximum atomic E-state index is 13.3. The maximum absolute atomic E-state index is 13.3. The Hall–Kier alpha value is -2.85. The van der Waals surface area contributed by atoms with E-state index in [1.807, 2.05) is 0 Å². The number of benzene rings is 2. The normalized spacial score (nSPS) is 11.3. The summed E-state index contributed by atoms with van der Waals surface area (Å²) in [5, 5.41) is 2.93. The average Bonchev–Trinajstić information content (AvgIpc) is 2.96. The minimum atomic E-state index is -4.82. The van der Waals surface area contributed by atoms with E-state index in [-0.39, 0.29) is 15.6 Å². The number of amides is 1. The van der Waals surface area contributed by atoms with Gasteiger partial charge in [-0.3, -0.25) is 4.79 Å². The lowest BCUT2D eigenvalue weighted by Gasteiger charge is -2.10. The molecule has 1 aromatic heterocycles. The van der Waals surface area contributed by atoms with Crippen molar-refractivity contribution in [2.45, 2.75) is 6.36 Å². The van der Waals surface area contributed by atoms with Crippen LogP contribution in [0.5, 0.6) is 5.75 Å². The Morgan fingerprint density at radius 3 is 2.45 bits per heavy atom. The molecule has 0 bridgehead atoms. The fourth-order valence-electron chi connectivity index (χ4n) is 2.30. The Bertz CT molecular complexity index is 1070. The fraction of sp³-hybridized carbons (Fsp3) is 0.111. The predicted molar refractivity (Wildman–Crippen MR) is 98.8 cm³/mol. The summed E-state index contributed by atoms with van der Waals surface area (Å²) in [7, 11) is 0.